The van der Waals surface area contributed by atoms with E-state index in [1.165, 1.54) is 0 Å². The fourth-order valence-corrected chi connectivity index (χ4v) is 1.60. The van der Waals surface area contributed by atoms with Gasteiger partial charge in [-0.2, -0.15) is 5.10 Å². The van der Waals surface area contributed by atoms with Crippen LogP contribution >= 0.6 is 0 Å². The molecule has 98 valence electrons. The van der Waals surface area contributed by atoms with Crippen LogP contribution < -0.4 is 5.32 Å². The van der Waals surface area contributed by atoms with Crippen LogP contribution in [0.5, 0.6) is 0 Å². The van der Waals surface area contributed by atoms with Gasteiger partial charge in [0, 0.05) is 14.1 Å². The number of rotatable bonds is 3. The lowest BCUT2D eigenvalue weighted by molar-refractivity contribution is -0.0179. The van der Waals surface area contributed by atoms with Crippen molar-refractivity contribution in [1.29, 1.82) is 0 Å². The zero-order chi connectivity index (χ0) is 13.3. The maximum Gasteiger partial charge on any atom is 0.163 e. The summed E-state index contributed by atoms with van der Waals surface area (Å²) in [6.07, 6.45) is 1.76. The monoisotopic (exact) mass is 249 g/mol. The largest absolute Gasteiger partial charge is 0.372 e. The number of nitrogens with zero attached hydrogens (tertiary/aromatic N) is 4. The van der Waals surface area contributed by atoms with Gasteiger partial charge in [-0.05, 0) is 20.8 Å². The second kappa shape index (κ2) is 4.53. The normalized spacial score (nSPS) is 12.1. The first-order valence-electron chi connectivity index (χ1n) is 5.91. The van der Waals surface area contributed by atoms with Crippen molar-refractivity contribution in [3.05, 3.63) is 12.0 Å². The molecule has 0 aliphatic carbocycles. The molecule has 0 aliphatic heterocycles. The summed E-state index contributed by atoms with van der Waals surface area (Å²) < 4.78 is 7.43. The lowest BCUT2D eigenvalue weighted by atomic mass is 10.2. The Labute approximate surface area is 106 Å². The van der Waals surface area contributed by atoms with Crippen molar-refractivity contribution in [2.75, 3.05) is 12.4 Å². The van der Waals surface area contributed by atoms with E-state index in [0.717, 1.165) is 16.9 Å². The number of hydrogen-bond donors (Lipinski definition) is 1. The topological polar surface area (TPSA) is 64.9 Å². The Morgan fingerprint density at radius 2 is 2.06 bits per heavy atom. The quantitative estimate of drug-likeness (QED) is 0.897. The van der Waals surface area contributed by atoms with Gasteiger partial charge < -0.3 is 10.1 Å². The Kier molecular flexibility index (Phi) is 3.21. The molecule has 0 radical (unpaired) electrons. The molecule has 2 rings (SSSR count). The summed E-state index contributed by atoms with van der Waals surface area (Å²) in [6.45, 7) is 6.41. The first-order valence-corrected chi connectivity index (χ1v) is 5.91. The smallest absolute Gasteiger partial charge is 0.163 e. The molecule has 1 N–H and O–H groups in total. The summed E-state index contributed by atoms with van der Waals surface area (Å²) in [5.41, 5.74) is 0.603. The molecular formula is C12H19N5O. The first-order chi connectivity index (χ1) is 8.40. The van der Waals surface area contributed by atoms with E-state index in [1.807, 2.05) is 34.9 Å². The van der Waals surface area contributed by atoms with Gasteiger partial charge in [0.1, 0.15) is 12.4 Å². The molecular weight excluding hydrogens is 230 g/mol. The van der Waals surface area contributed by atoms with Crippen molar-refractivity contribution in [2.24, 2.45) is 7.05 Å². The molecule has 18 heavy (non-hydrogen) atoms. The Bertz CT molecular complexity index is 555. The maximum absolute atomic E-state index is 5.70. The zero-order valence-electron chi connectivity index (χ0n) is 11.5. The standard InChI is InChI=1S/C12H19N5O/c1-12(2,3)18-7-9-15-10(13-4)8-6-14-17(5)11(8)16-9/h6H,7H2,1-5H3,(H,13,15,16). The summed E-state index contributed by atoms with van der Waals surface area (Å²) in [6, 6.07) is 0. The Hall–Kier alpha value is -1.69. The van der Waals surface area contributed by atoms with Crippen LogP contribution in [0.2, 0.25) is 0 Å². The third-order valence-corrected chi connectivity index (χ3v) is 2.51. The summed E-state index contributed by atoms with van der Waals surface area (Å²) in [5, 5.41) is 8.16. The van der Waals surface area contributed by atoms with Gasteiger partial charge in [0.15, 0.2) is 11.5 Å². The molecule has 0 bridgehead atoms. The van der Waals surface area contributed by atoms with Crippen molar-refractivity contribution in [3.63, 3.8) is 0 Å². The van der Waals surface area contributed by atoms with Crippen molar-refractivity contribution < 1.29 is 4.74 Å². The minimum atomic E-state index is -0.204. The Morgan fingerprint density at radius 3 is 2.67 bits per heavy atom. The molecule has 2 aromatic heterocycles. The third-order valence-electron chi connectivity index (χ3n) is 2.51. The molecule has 0 spiro atoms. The molecule has 0 atom stereocenters. The number of aromatic nitrogens is 4. The van der Waals surface area contributed by atoms with Crippen LogP contribution in [0.4, 0.5) is 5.82 Å². The lowest BCUT2D eigenvalue weighted by Gasteiger charge is -2.19. The maximum atomic E-state index is 5.70. The highest BCUT2D eigenvalue weighted by molar-refractivity contribution is 5.86. The number of aryl methyl sites for hydroxylation is 1. The average molecular weight is 249 g/mol. The van der Waals surface area contributed by atoms with Crippen LogP contribution in [0.25, 0.3) is 11.0 Å². The Balaban J connectivity index is 2.37. The summed E-state index contributed by atoms with van der Waals surface area (Å²) >= 11 is 0. The van der Waals surface area contributed by atoms with E-state index in [-0.39, 0.29) is 5.60 Å². The van der Waals surface area contributed by atoms with Crippen LogP contribution in [0, 0.1) is 0 Å². The van der Waals surface area contributed by atoms with Crippen LogP contribution in [-0.4, -0.2) is 32.4 Å². The second-order valence-corrected chi connectivity index (χ2v) is 5.14. The van der Waals surface area contributed by atoms with E-state index < -0.39 is 0 Å². The average Bonchev–Trinajstić information content (AvgIpc) is 2.67. The van der Waals surface area contributed by atoms with E-state index in [9.17, 15) is 0 Å². The van der Waals surface area contributed by atoms with Gasteiger partial charge in [-0.1, -0.05) is 0 Å². The number of anilines is 1. The van der Waals surface area contributed by atoms with E-state index in [0.29, 0.717) is 12.4 Å². The summed E-state index contributed by atoms with van der Waals surface area (Å²) in [4.78, 5) is 8.91. The molecule has 6 heteroatoms. The van der Waals surface area contributed by atoms with Crippen LogP contribution in [0.3, 0.4) is 0 Å². The zero-order valence-corrected chi connectivity index (χ0v) is 11.5. The highest BCUT2D eigenvalue weighted by Crippen LogP contribution is 2.20. The van der Waals surface area contributed by atoms with E-state index in [2.05, 4.69) is 20.4 Å². The van der Waals surface area contributed by atoms with Gasteiger partial charge >= 0.3 is 0 Å². The van der Waals surface area contributed by atoms with Gasteiger partial charge in [0.2, 0.25) is 0 Å². The number of fused-ring (bicyclic) bond motifs is 1. The van der Waals surface area contributed by atoms with Gasteiger partial charge in [0.25, 0.3) is 0 Å². The van der Waals surface area contributed by atoms with Gasteiger partial charge in [-0.25, -0.2) is 9.97 Å². The molecule has 0 fully saturated rings. The molecule has 6 nitrogen and oxygen atoms in total. The minimum Gasteiger partial charge on any atom is -0.372 e. The molecule has 0 unspecified atom stereocenters. The molecule has 0 aromatic carbocycles. The second-order valence-electron chi connectivity index (χ2n) is 5.14. The number of hydrogen-bond acceptors (Lipinski definition) is 5. The fraction of sp³-hybridized carbons (Fsp3) is 0.583. The lowest BCUT2D eigenvalue weighted by Crippen LogP contribution is -2.19. The molecule has 2 heterocycles. The van der Waals surface area contributed by atoms with Gasteiger partial charge in [0.05, 0.1) is 17.2 Å². The molecule has 0 amide bonds. The van der Waals surface area contributed by atoms with E-state index in [1.54, 1.807) is 10.9 Å². The van der Waals surface area contributed by atoms with Crippen LogP contribution in [-0.2, 0) is 18.4 Å². The van der Waals surface area contributed by atoms with Gasteiger partial charge in [-0.3, -0.25) is 4.68 Å². The number of ether oxygens (including phenoxy) is 1. The van der Waals surface area contributed by atoms with Crippen molar-refractivity contribution in [3.8, 4) is 0 Å². The van der Waals surface area contributed by atoms with Crippen LogP contribution in [0.15, 0.2) is 6.20 Å². The highest BCUT2D eigenvalue weighted by Gasteiger charge is 2.14. The van der Waals surface area contributed by atoms with Crippen molar-refractivity contribution >= 4 is 16.9 Å². The summed E-state index contributed by atoms with van der Waals surface area (Å²) in [7, 11) is 3.70. The molecule has 0 aliphatic rings. The Morgan fingerprint density at radius 1 is 1.33 bits per heavy atom. The first kappa shape index (κ1) is 12.8. The molecule has 2 aromatic rings. The predicted molar refractivity (Wildman–Crippen MR) is 70.4 cm³/mol. The van der Waals surface area contributed by atoms with E-state index in [4.69, 9.17) is 4.74 Å². The van der Waals surface area contributed by atoms with E-state index >= 15 is 0 Å². The van der Waals surface area contributed by atoms with Crippen molar-refractivity contribution in [1.82, 2.24) is 19.7 Å². The minimum absolute atomic E-state index is 0.204. The third kappa shape index (κ3) is 2.59. The highest BCUT2D eigenvalue weighted by atomic mass is 16.5. The summed E-state index contributed by atoms with van der Waals surface area (Å²) in [5.74, 6) is 1.44. The SMILES string of the molecule is CNc1nc(COC(C)(C)C)nc2c1cnn2C. The molecule has 0 saturated carbocycles. The molecule has 0 saturated heterocycles. The number of nitrogens with one attached hydrogen (secondary N) is 1. The predicted octanol–water partition coefficient (Wildman–Crippen LogP) is 1.72. The van der Waals surface area contributed by atoms with Crippen molar-refractivity contribution in [2.45, 2.75) is 33.0 Å². The van der Waals surface area contributed by atoms with Gasteiger partial charge in [-0.15, -0.1) is 0 Å². The van der Waals surface area contributed by atoms with Crippen LogP contribution in [0.1, 0.15) is 26.6 Å². The fourth-order valence-electron chi connectivity index (χ4n) is 1.60.